The Balaban J connectivity index is 0.00000240. The monoisotopic (exact) mass is 412 g/mol. The molecule has 0 radical (unpaired) electrons. The highest BCUT2D eigenvalue weighted by atomic mass is 35.5. The van der Waals surface area contributed by atoms with Gasteiger partial charge < -0.3 is 4.90 Å². The smallest absolute Gasteiger partial charge is 0.168 e. The lowest BCUT2D eigenvalue weighted by molar-refractivity contribution is 0.164. The van der Waals surface area contributed by atoms with E-state index in [2.05, 4.69) is 86.8 Å². The van der Waals surface area contributed by atoms with Crippen molar-refractivity contribution >= 4 is 18.1 Å². The highest BCUT2D eigenvalue weighted by molar-refractivity contribution is 5.85. The molecule has 1 aliphatic heterocycles. The maximum absolute atomic E-state index is 4.43. The summed E-state index contributed by atoms with van der Waals surface area (Å²) in [6, 6.07) is 21.4. The van der Waals surface area contributed by atoms with Crippen molar-refractivity contribution in [2.24, 2.45) is 0 Å². The van der Waals surface area contributed by atoms with Crippen molar-refractivity contribution in [1.82, 2.24) is 25.1 Å². The Hall–Kier alpha value is -2.44. The highest BCUT2D eigenvalue weighted by Gasteiger charge is 2.28. The Morgan fingerprint density at radius 1 is 0.897 bits per heavy atom. The maximum Gasteiger partial charge on any atom is 0.168 e. The van der Waals surface area contributed by atoms with E-state index in [-0.39, 0.29) is 18.4 Å². The second-order valence-corrected chi connectivity index (χ2v) is 7.34. The molecule has 0 aliphatic carbocycles. The zero-order valence-corrected chi connectivity index (χ0v) is 17.7. The normalized spacial score (nSPS) is 15.7. The number of tetrazole rings is 1. The summed E-state index contributed by atoms with van der Waals surface area (Å²) in [5, 5.41) is 12.7. The van der Waals surface area contributed by atoms with Crippen LogP contribution in [0.25, 0.3) is 0 Å². The molecule has 6 nitrogen and oxygen atoms in total. The van der Waals surface area contributed by atoms with Gasteiger partial charge in [0, 0.05) is 31.9 Å². The molecular weight excluding hydrogens is 384 g/mol. The van der Waals surface area contributed by atoms with Crippen LogP contribution in [-0.2, 0) is 6.54 Å². The first-order valence-electron chi connectivity index (χ1n) is 10.2. The van der Waals surface area contributed by atoms with Gasteiger partial charge in [-0.15, -0.1) is 17.5 Å². The molecule has 1 unspecified atom stereocenters. The average molecular weight is 413 g/mol. The van der Waals surface area contributed by atoms with Gasteiger partial charge in [0.25, 0.3) is 0 Å². The number of hydrogen-bond donors (Lipinski definition) is 0. The van der Waals surface area contributed by atoms with Crippen LogP contribution in [0.2, 0.25) is 0 Å². The number of anilines is 1. The Morgan fingerprint density at radius 3 is 2.21 bits per heavy atom. The molecule has 154 valence electrons. The molecule has 29 heavy (non-hydrogen) atoms. The number of hydrogen-bond acceptors (Lipinski definition) is 5. The largest absolute Gasteiger partial charge is 0.369 e. The summed E-state index contributed by atoms with van der Waals surface area (Å²) < 4.78 is 1.97. The molecule has 1 atom stereocenters. The number of piperazine rings is 1. The summed E-state index contributed by atoms with van der Waals surface area (Å²) in [6.45, 7) is 7.07. The first-order chi connectivity index (χ1) is 13.8. The van der Waals surface area contributed by atoms with E-state index in [4.69, 9.17) is 0 Å². The topological polar surface area (TPSA) is 50.1 Å². The van der Waals surface area contributed by atoms with Crippen LogP contribution in [0, 0.1) is 0 Å². The van der Waals surface area contributed by atoms with Crippen molar-refractivity contribution < 1.29 is 0 Å². The van der Waals surface area contributed by atoms with Gasteiger partial charge >= 0.3 is 0 Å². The fourth-order valence-electron chi connectivity index (χ4n) is 4.00. The number of rotatable bonds is 7. The third-order valence-electron chi connectivity index (χ3n) is 5.47. The van der Waals surface area contributed by atoms with E-state index in [0.29, 0.717) is 6.54 Å². The van der Waals surface area contributed by atoms with E-state index in [0.717, 1.165) is 44.8 Å². The number of aromatic nitrogens is 4. The summed E-state index contributed by atoms with van der Waals surface area (Å²) in [6.07, 6.45) is 2.18. The van der Waals surface area contributed by atoms with Crippen molar-refractivity contribution in [3.63, 3.8) is 0 Å². The number of nitrogens with zero attached hydrogens (tertiary/aromatic N) is 6. The highest BCUT2D eigenvalue weighted by Crippen LogP contribution is 2.26. The molecule has 2 aromatic carbocycles. The van der Waals surface area contributed by atoms with E-state index in [1.165, 1.54) is 11.3 Å². The number of halogens is 1. The predicted molar refractivity (Wildman–Crippen MR) is 118 cm³/mol. The van der Waals surface area contributed by atoms with E-state index >= 15 is 0 Å². The van der Waals surface area contributed by atoms with Gasteiger partial charge in [-0.25, -0.2) is 4.68 Å². The molecule has 0 spiro atoms. The zero-order valence-electron chi connectivity index (χ0n) is 16.9. The Bertz CT molecular complexity index is 846. The lowest BCUT2D eigenvalue weighted by atomic mass is 10.1. The fraction of sp³-hybridized carbons (Fsp3) is 0.409. The number of para-hydroxylation sites is 1. The average Bonchev–Trinajstić information content (AvgIpc) is 3.21. The molecule has 0 N–H and O–H groups in total. The summed E-state index contributed by atoms with van der Waals surface area (Å²) >= 11 is 0. The van der Waals surface area contributed by atoms with Crippen LogP contribution in [-0.4, -0.2) is 51.3 Å². The summed E-state index contributed by atoms with van der Waals surface area (Å²) in [5.41, 5.74) is 2.53. The molecule has 7 heteroatoms. The van der Waals surface area contributed by atoms with Gasteiger partial charge in [-0.2, -0.15) is 0 Å². The minimum absolute atomic E-state index is 0. The molecule has 0 saturated carbocycles. The quantitative estimate of drug-likeness (QED) is 0.590. The minimum atomic E-state index is 0. The van der Waals surface area contributed by atoms with Crippen LogP contribution < -0.4 is 4.90 Å². The molecule has 0 amide bonds. The lowest BCUT2D eigenvalue weighted by Gasteiger charge is -2.39. The first kappa shape index (κ1) is 21.3. The second kappa shape index (κ2) is 10.4. The van der Waals surface area contributed by atoms with E-state index < -0.39 is 0 Å². The van der Waals surface area contributed by atoms with Crippen molar-refractivity contribution in [2.75, 3.05) is 31.1 Å². The van der Waals surface area contributed by atoms with Gasteiger partial charge in [-0.3, -0.25) is 4.90 Å². The summed E-state index contributed by atoms with van der Waals surface area (Å²) in [5.74, 6) is 0.985. The Morgan fingerprint density at radius 2 is 1.55 bits per heavy atom. The van der Waals surface area contributed by atoms with Crippen molar-refractivity contribution in [3.05, 3.63) is 72.1 Å². The van der Waals surface area contributed by atoms with Gasteiger partial charge in [0.2, 0.25) is 0 Å². The van der Waals surface area contributed by atoms with Crippen molar-refractivity contribution in [1.29, 1.82) is 0 Å². The lowest BCUT2D eigenvalue weighted by Crippen LogP contribution is -2.48. The molecule has 4 rings (SSSR count). The SMILES string of the molecule is CCCC(c1nnnn1Cc1ccccc1)N1CCN(c2ccccc2)CC1.Cl. The van der Waals surface area contributed by atoms with Crippen LogP contribution in [0.5, 0.6) is 0 Å². The predicted octanol–water partition coefficient (Wildman–Crippen LogP) is 3.81. The van der Waals surface area contributed by atoms with Crippen LogP contribution in [0.15, 0.2) is 60.7 Å². The van der Waals surface area contributed by atoms with Crippen LogP contribution >= 0.6 is 12.4 Å². The molecule has 1 fully saturated rings. The standard InChI is InChI=1S/C22H28N6.ClH/c1-2-9-21(22-23-24-25-28(22)18-19-10-5-3-6-11-19)27-16-14-26(15-17-27)20-12-7-4-8-13-20;/h3-8,10-13,21H,2,9,14-18H2,1H3;1H. The first-order valence-corrected chi connectivity index (χ1v) is 10.2. The summed E-state index contributed by atoms with van der Waals surface area (Å²) in [4.78, 5) is 5.02. The minimum Gasteiger partial charge on any atom is -0.369 e. The fourth-order valence-corrected chi connectivity index (χ4v) is 4.00. The molecular formula is C22H29ClN6. The Kier molecular flexibility index (Phi) is 7.61. The Labute approximate surface area is 178 Å². The van der Waals surface area contributed by atoms with E-state index in [9.17, 15) is 0 Å². The van der Waals surface area contributed by atoms with Crippen LogP contribution in [0.1, 0.15) is 37.2 Å². The van der Waals surface area contributed by atoms with Gasteiger partial charge in [0.15, 0.2) is 5.82 Å². The number of benzene rings is 2. The zero-order chi connectivity index (χ0) is 19.2. The van der Waals surface area contributed by atoms with Crippen molar-refractivity contribution in [3.8, 4) is 0 Å². The third-order valence-corrected chi connectivity index (χ3v) is 5.47. The molecule has 1 aliphatic rings. The van der Waals surface area contributed by atoms with E-state index in [1.54, 1.807) is 0 Å². The molecule has 0 bridgehead atoms. The van der Waals surface area contributed by atoms with Crippen LogP contribution in [0.3, 0.4) is 0 Å². The van der Waals surface area contributed by atoms with Crippen LogP contribution in [0.4, 0.5) is 5.69 Å². The van der Waals surface area contributed by atoms with Crippen molar-refractivity contribution in [2.45, 2.75) is 32.4 Å². The van der Waals surface area contributed by atoms with Gasteiger partial charge in [-0.1, -0.05) is 61.9 Å². The van der Waals surface area contributed by atoms with E-state index in [1.807, 2.05) is 10.7 Å². The van der Waals surface area contributed by atoms with Gasteiger partial charge in [0.05, 0.1) is 12.6 Å². The van der Waals surface area contributed by atoms with Gasteiger partial charge in [-0.05, 0) is 34.5 Å². The third kappa shape index (κ3) is 5.14. The molecule has 1 aromatic heterocycles. The molecule has 1 saturated heterocycles. The molecule has 2 heterocycles. The maximum atomic E-state index is 4.43. The molecule has 3 aromatic rings. The van der Waals surface area contributed by atoms with Gasteiger partial charge in [0.1, 0.15) is 0 Å². The summed E-state index contributed by atoms with van der Waals surface area (Å²) in [7, 11) is 0. The second-order valence-electron chi connectivity index (χ2n) is 7.34.